The number of amides is 1. The zero-order valence-corrected chi connectivity index (χ0v) is 16.1. The number of carbonyl (C=O) groups is 2. The molecule has 1 N–H and O–H groups in total. The number of nitro groups is 1. The molecule has 9 nitrogen and oxygen atoms in total. The van der Waals surface area contributed by atoms with Crippen molar-refractivity contribution in [3.8, 4) is 5.75 Å². The highest BCUT2D eigenvalue weighted by molar-refractivity contribution is 6.31. The van der Waals surface area contributed by atoms with Crippen LogP contribution in [0.1, 0.15) is 10.4 Å². The maximum atomic E-state index is 12.2. The van der Waals surface area contributed by atoms with E-state index in [2.05, 4.69) is 5.32 Å². The van der Waals surface area contributed by atoms with Gasteiger partial charge in [0.2, 0.25) is 0 Å². The van der Waals surface area contributed by atoms with E-state index in [1.54, 1.807) is 31.1 Å². The Balaban J connectivity index is 2.06. The average Bonchev–Trinajstić information content (AvgIpc) is 2.65. The van der Waals surface area contributed by atoms with Crippen molar-refractivity contribution in [2.45, 2.75) is 0 Å². The molecule has 0 atom stereocenters. The minimum atomic E-state index is -0.860. The molecule has 28 heavy (non-hydrogen) atoms. The summed E-state index contributed by atoms with van der Waals surface area (Å²) in [6.45, 7) is -0.586. The molecule has 2 aromatic carbocycles. The standard InChI is InChI=1S/C18H18ClN3O6/c1-21(2)14-6-4-11(8-15(14)22(25)26)18(24)28-10-17(23)20-13-9-12(19)5-7-16(13)27-3/h4-9H,10H2,1-3H3,(H,20,23). The van der Waals surface area contributed by atoms with Crippen molar-refractivity contribution in [3.05, 3.63) is 57.1 Å². The second-order valence-corrected chi connectivity index (χ2v) is 6.26. The van der Waals surface area contributed by atoms with Crippen molar-refractivity contribution in [1.29, 1.82) is 0 Å². The van der Waals surface area contributed by atoms with Crippen LogP contribution in [-0.4, -0.2) is 44.6 Å². The molecule has 0 fully saturated rings. The summed E-state index contributed by atoms with van der Waals surface area (Å²) < 4.78 is 10.1. The van der Waals surface area contributed by atoms with Crippen molar-refractivity contribution in [2.75, 3.05) is 38.0 Å². The minimum absolute atomic E-state index is 0.0366. The van der Waals surface area contributed by atoms with E-state index in [0.29, 0.717) is 22.1 Å². The van der Waals surface area contributed by atoms with Crippen molar-refractivity contribution in [3.63, 3.8) is 0 Å². The fraction of sp³-hybridized carbons (Fsp3) is 0.222. The number of carbonyl (C=O) groups excluding carboxylic acids is 2. The molecule has 0 radical (unpaired) electrons. The number of esters is 1. The molecule has 2 aromatic rings. The van der Waals surface area contributed by atoms with Gasteiger partial charge >= 0.3 is 5.97 Å². The van der Waals surface area contributed by atoms with Gasteiger partial charge in [-0.25, -0.2) is 4.79 Å². The van der Waals surface area contributed by atoms with Gasteiger partial charge in [-0.3, -0.25) is 14.9 Å². The van der Waals surface area contributed by atoms with Gasteiger partial charge in [0, 0.05) is 25.2 Å². The molecule has 0 heterocycles. The summed E-state index contributed by atoms with van der Waals surface area (Å²) >= 11 is 5.89. The van der Waals surface area contributed by atoms with E-state index < -0.39 is 23.4 Å². The number of hydrogen-bond donors (Lipinski definition) is 1. The molecule has 0 aliphatic heterocycles. The maximum absolute atomic E-state index is 12.2. The molecule has 1 amide bonds. The lowest BCUT2D eigenvalue weighted by Gasteiger charge is -2.13. The number of nitrogens with zero attached hydrogens (tertiary/aromatic N) is 2. The van der Waals surface area contributed by atoms with Crippen LogP contribution in [-0.2, 0) is 9.53 Å². The van der Waals surface area contributed by atoms with Crippen LogP contribution in [0.2, 0.25) is 5.02 Å². The molecule has 0 saturated heterocycles. The Hall–Kier alpha value is -3.33. The third-order valence-electron chi connectivity index (χ3n) is 3.66. The smallest absolute Gasteiger partial charge is 0.338 e. The van der Waals surface area contributed by atoms with Gasteiger partial charge in [-0.15, -0.1) is 0 Å². The highest BCUT2D eigenvalue weighted by Crippen LogP contribution is 2.29. The lowest BCUT2D eigenvalue weighted by molar-refractivity contribution is -0.384. The number of hydrogen-bond acceptors (Lipinski definition) is 7. The van der Waals surface area contributed by atoms with E-state index in [1.807, 2.05) is 0 Å². The molecular formula is C18H18ClN3O6. The zero-order valence-electron chi connectivity index (χ0n) is 15.4. The van der Waals surface area contributed by atoms with Gasteiger partial charge in [0.25, 0.3) is 11.6 Å². The largest absolute Gasteiger partial charge is 0.495 e. The van der Waals surface area contributed by atoms with Crippen molar-refractivity contribution >= 4 is 40.5 Å². The summed E-state index contributed by atoms with van der Waals surface area (Å²) in [5.74, 6) is -1.09. The number of anilines is 2. The van der Waals surface area contributed by atoms with Crippen molar-refractivity contribution in [2.24, 2.45) is 0 Å². The fourth-order valence-corrected chi connectivity index (χ4v) is 2.53. The number of ether oxygens (including phenoxy) is 2. The van der Waals surface area contributed by atoms with E-state index in [9.17, 15) is 19.7 Å². The number of nitro benzene ring substituents is 1. The lowest BCUT2D eigenvalue weighted by atomic mass is 10.1. The van der Waals surface area contributed by atoms with Gasteiger partial charge in [0.05, 0.1) is 23.3 Å². The Bertz CT molecular complexity index is 916. The number of rotatable bonds is 7. The van der Waals surface area contributed by atoms with Crippen molar-refractivity contribution in [1.82, 2.24) is 0 Å². The van der Waals surface area contributed by atoms with Gasteiger partial charge in [0.15, 0.2) is 6.61 Å². The maximum Gasteiger partial charge on any atom is 0.338 e. The Kier molecular flexibility index (Phi) is 6.78. The van der Waals surface area contributed by atoms with Gasteiger partial charge in [-0.1, -0.05) is 11.6 Å². The summed E-state index contributed by atoms with van der Waals surface area (Å²) in [6.07, 6.45) is 0. The second-order valence-electron chi connectivity index (χ2n) is 5.82. The number of benzene rings is 2. The first-order valence-corrected chi connectivity index (χ1v) is 8.37. The molecule has 0 spiro atoms. The normalized spacial score (nSPS) is 10.1. The van der Waals surface area contributed by atoms with Crippen LogP contribution in [0.5, 0.6) is 5.75 Å². The molecule has 2 rings (SSSR count). The first kappa shape index (κ1) is 21.0. The SMILES string of the molecule is COc1ccc(Cl)cc1NC(=O)COC(=O)c1ccc(N(C)C)c([N+](=O)[O-])c1. The Labute approximate surface area is 165 Å². The van der Waals surface area contributed by atoms with Gasteiger partial charge < -0.3 is 19.7 Å². The number of halogens is 1. The monoisotopic (exact) mass is 407 g/mol. The molecule has 10 heteroatoms. The van der Waals surface area contributed by atoms with Crippen LogP contribution in [0.4, 0.5) is 17.1 Å². The van der Waals surface area contributed by atoms with Crippen LogP contribution in [0.15, 0.2) is 36.4 Å². The fourth-order valence-electron chi connectivity index (χ4n) is 2.35. The van der Waals surface area contributed by atoms with Gasteiger partial charge in [-0.2, -0.15) is 0 Å². The van der Waals surface area contributed by atoms with E-state index in [4.69, 9.17) is 21.1 Å². The molecule has 0 saturated carbocycles. The highest BCUT2D eigenvalue weighted by Gasteiger charge is 2.20. The molecular weight excluding hydrogens is 390 g/mol. The first-order valence-electron chi connectivity index (χ1n) is 7.99. The van der Waals surface area contributed by atoms with Gasteiger partial charge in [-0.05, 0) is 30.3 Å². The third-order valence-corrected chi connectivity index (χ3v) is 3.89. The van der Waals surface area contributed by atoms with E-state index >= 15 is 0 Å². The van der Waals surface area contributed by atoms with E-state index in [1.165, 1.54) is 25.3 Å². The summed E-state index contributed by atoms with van der Waals surface area (Å²) in [7, 11) is 4.73. The molecule has 0 aromatic heterocycles. The summed E-state index contributed by atoms with van der Waals surface area (Å²) in [6, 6.07) is 8.60. The molecule has 148 valence electrons. The molecule has 0 bridgehead atoms. The molecule has 0 unspecified atom stereocenters. The van der Waals surface area contributed by atoms with E-state index in [0.717, 1.165) is 6.07 Å². The average molecular weight is 408 g/mol. The quantitative estimate of drug-likeness (QED) is 0.426. The number of methoxy groups -OCH3 is 1. The van der Waals surface area contributed by atoms with E-state index in [-0.39, 0.29) is 11.3 Å². The Morgan fingerprint density at radius 1 is 1.21 bits per heavy atom. The van der Waals surface area contributed by atoms with Crippen LogP contribution >= 0.6 is 11.6 Å². The Morgan fingerprint density at radius 2 is 1.93 bits per heavy atom. The van der Waals surface area contributed by atoms with Crippen LogP contribution in [0, 0.1) is 10.1 Å². The molecule has 0 aliphatic carbocycles. The molecule has 0 aliphatic rings. The summed E-state index contributed by atoms with van der Waals surface area (Å²) in [5, 5.41) is 14.1. The minimum Gasteiger partial charge on any atom is -0.495 e. The predicted octanol–water partition coefficient (Wildman–Crippen LogP) is 3.12. The van der Waals surface area contributed by atoms with Gasteiger partial charge in [0.1, 0.15) is 11.4 Å². The van der Waals surface area contributed by atoms with Crippen LogP contribution < -0.4 is 15.0 Å². The van der Waals surface area contributed by atoms with Crippen molar-refractivity contribution < 1.29 is 24.0 Å². The number of nitrogens with one attached hydrogen (secondary N) is 1. The lowest BCUT2D eigenvalue weighted by Crippen LogP contribution is -2.21. The summed E-state index contributed by atoms with van der Waals surface area (Å²) in [4.78, 5) is 36.4. The third kappa shape index (κ3) is 5.10. The Morgan fingerprint density at radius 3 is 2.54 bits per heavy atom. The van der Waals surface area contributed by atoms with Crippen LogP contribution in [0.3, 0.4) is 0 Å². The predicted molar refractivity (Wildman–Crippen MR) is 104 cm³/mol. The first-order chi connectivity index (χ1) is 13.2. The zero-order chi connectivity index (χ0) is 20.8. The second kappa shape index (κ2) is 9.05. The topological polar surface area (TPSA) is 111 Å². The van der Waals surface area contributed by atoms with Crippen LogP contribution in [0.25, 0.3) is 0 Å². The highest BCUT2D eigenvalue weighted by atomic mass is 35.5. The summed E-state index contributed by atoms with van der Waals surface area (Å²) in [5.41, 5.74) is 0.382.